The van der Waals surface area contributed by atoms with Gasteiger partial charge in [0.15, 0.2) is 5.82 Å². The fourth-order valence-corrected chi connectivity index (χ4v) is 4.42. The Hall–Kier alpha value is -3.17. The maximum absolute atomic E-state index is 13.5. The van der Waals surface area contributed by atoms with Gasteiger partial charge in [0.05, 0.1) is 6.54 Å². The summed E-state index contributed by atoms with van der Waals surface area (Å²) in [5, 5.41) is 11.6. The van der Waals surface area contributed by atoms with Crippen molar-refractivity contribution in [1.82, 2.24) is 15.4 Å². The van der Waals surface area contributed by atoms with Crippen molar-refractivity contribution in [2.45, 2.75) is 58.7 Å². The molecule has 3 amide bonds. The quantitative estimate of drug-likeness (QED) is 0.411. The lowest BCUT2D eigenvalue weighted by atomic mass is 10.0. The zero-order chi connectivity index (χ0) is 25.6. The molecular weight excluding hydrogens is 488 g/mol. The molecule has 8 nitrogen and oxygen atoms in total. The van der Waals surface area contributed by atoms with Crippen LogP contribution in [-0.4, -0.2) is 33.3 Å². The molecular formula is C25H29ClN4O4S. The predicted molar refractivity (Wildman–Crippen MR) is 136 cm³/mol. The van der Waals surface area contributed by atoms with Crippen molar-refractivity contribution in [3.05, 3.63) is 69.1 Å². The van der Waals surface area contributed by atoms with Crippen molar-refractivity contribution in [2.75, 3.05) is 5.32 Å². The van der Waals surface area contributed by atoms with Gasteiger partial charge in [0.25, 0.3) is 0 Å². The third-order valence-corrected chi connectivity index (χ3v) is 6.15. The summed E-state index contributed by atoms with van der Waals surface area (Å²) in [7, 11) is 0. The molecule has 186 valence electrons. The number of amides is 3. The van der Waals surface area contributed by atoms with Crippen LogP contribution in [0.3, 0.4) is 0 Å². The summed E-state index contributed by atoms with van der Waals surface area (Å²) >= 11 is 7.97. The topological polar surface area (TPSA) is 105 Å². The van der Waals surface area contributed by atoms with Crippen LogP contribution < -0.4 is 10.6 Å². The highest BCUT2D eigenvalue weighted by molar-refractivity contribution is 7.09. The van der Waals surface area contributed by atoms with E-state index < -0.39 is 11.6 Å². The Balaban J connectivity index is 1.87. The maximum Gasteiger partial charge on any atom is 0.247 e. The van der Waals surface area contributed by atoms with Gasteiger partial charge >= 0.3 is 0 Å². The van der Waals surface area contributed by atoms with Crippen LogP contribution in [0.2, 0.25) is 5.02 Å². The molecule has 0 spiro atoms. The molecule has 0 saturated heterocycles. The van der Waals surface area contributed by atoms with E-state index in [1.165, 1.54) is 16.2 Å². The van der Waals surface area contributed by atoms with Gasteiger partial charge in [0.1, 0.15) is 11.8 Å². The molecule has 1 atom stereocenters. The molecule has 1 aromatic carbocycles. The van der Waals surface area contributed by atoms with Crippen LogP contribution in [0.15, 0.2) is 52.4 Å². The Kier molecular flexibility index (Phi) is 8.69. The van der Waals surface area contributed by atoms with Crippen molar-refractivity contribution in [2.24, 2.45) is 0 Å². The number of nitrogens with zero attached hydrogens (tertiary/aromatic N) is 2. The number of aryl methyl sites for hydroxylation is 1. The average Bonchev–Trinajstić information content (AvgIpc) is 3.43. The van der Waals surface area contributed by atoms with E-state index in [1.54, 1.807) is 37.3 Å². The molecule has 3 aromatic rings. The monoisotopic (exact) mass is 516 g/mol. The second-order valence-electron chi connectivity index (χ2n) is 9.14. The molecule has 2 heterocycles. The molecule has 2 aromatic heterocycles. The average molecular weight is 517 g/mol. The lowest BCUT2D eigenvalue weighted by Gasteiger charge is -2.34. The summed E-state index contributed by atoms with van der Waals surface area (Å²) in [6.07, 6.45) is -0.181. The zero-order valence-electron chi connectivity index (χ0n) is 20.1. The van der Waals surface area contributed by atoms with Gasteiger partial charge in [-0.1, -0.05) is 41.0 Å². The first-order valence-corrected chi connectivity index (χ1v) is 12.4. The van der Waals surface area contributed by atoms with Crippen molar-refractivity contribution < 1.29 is 18.9 Å². The fraction of sp³-hybridized carbons (Fsp3) is 0.360. The molecule has 0 fully saturated rings. The molecule has 35 heavy (non-hydrogen) atoms. The number of thiophene rings is 1. The van der Waals surface area contributed by atoms with Gasteiger partial charge in [-0.3, -0.25) is 14.4 Å². The molecule has 0 bridgehead atoms. The number of aromatic nitrogens is 1. The molecule has 10 heteroatoms. The minimum absolute atomic E-state index is 0.0815. The summed E-state index contributed by atoms with van der Waals surface area (Å²) in [5.74, 6) is -0.229. The lowest BCUT2D eigenvalue weighted by Crippen LogP contribution is -2.49. The minimum atomic E-state index is -0.973. The molecule has 2 N–H and O–H groups in total. The number of nitrogens with one attached hydrogen (secondary N) is 2. The smallest absolute Gasteiger partial charge is 0.247 e. The molecule has 3 rings (SSSR count). The van der Waals surface area contributed by atoms with Crippen LogP contribution in [-0.2, 0) is 20.9 Å². The fourth-order valence-electron chi connectivity index (χ4n) is 3.47. The lowest BCUT2D eigenvalue weighted by molar-refractivity contribution is -0.142. The second kappa shape index (κ2) is 11.5. The van der Waals surface area contributed by atoms with Crippen molar-refractivity contribution in [3.8, 4) is 0 Å². The first-order valence-electron chi connectivity index (χ1n) is 11.1. The molecule has 0 unspecified atom stereocenters. The Morgan fingerprint density at radius 2 is 1.89 bits per heavy atom. The first-order chi connectivity index (χ1) is 16.5. The molecule has 0 aliphatic rings. The highest BCUT2D eigenvalue weighted by Crippen LogP contribution is 2.31. The zero-order valence-corrected chi connectivity index (χ0v) is 21.7. The van der Waals surface area contributed by atoms with Crippen molar-refractivity contribution >= 4 is 46.5 Å². The van der Waals surface area contributed by atoms with Gasteiger partial charge in [-0.2, -0.15) is 0 Å². The van der Waals surface area contributed by atoms with Gasteiger partial charge in [-0.25, -0.2) is 0 Å². The van der Waals surface area contributed by atoms with Gasteiger partial charge in [-0.05, 0) is 45.2 Å². The molecule has 0 aliphatic carbocycles. The van der Waals surface area contributed by atoms with E-state index in [1.807, 2.05) is 38.3 Å². The van der Waals surface area contributed by atoms with Crippen molar-refractivity contribution in [3.63, 3.8) is 0 Å². The standard InChI is InChI=1S/C25H29ClN4O4S/c1-16-14-20(29-34-16)27-21(31)11-12-22(32)30(15-17-8-7-13-35-17)23(24(33)28-25(2,3)4)18-9-5-6-10-19(18)26/h5-10,13-14,23H,11-12,15H2,1-4H3,(H,28,33)(H,27,29,31)/t23-/m0/s1. The summed E-state index contributed by atoms with van der Waals surface area (Å²) < 4.78 is 4.95. The minimum Gasteiger partial charge on any atom is -0.360 e. The maximum atomic E-state index is 13.5. The number of hydrogen-bond acceptors (Lipinski definition) is 6. The molecule has 0 aliphatic heterocycles. The summed E-state index contributed by atoms with van der Waals surface area (Å²) in [6, 6.07) is 11.4. The van der Waals surface area contributed by atoms with E-state index in [9.17, 15) is 14.4 Å². The summed E-state index contributed by atoms with van der Waals surface area (Å²) in [6.45, 7) is 7.53. The largest absolute Gasteiger partial charge is 0.360 e. The molecule has 0 radical (unpaired) electrons. The van der Waals surface area contributed by atoms with Gasteiger partial charge in [0.2, 0.25) is 17.7 Å². The number of rotatable bonds is 9. The number of anilines is 1. The van der Waals surface area contributed by atoms with E-state index in [0.29, 0.717) is 16.3 Å². The van der Waals surface area contributed by atoms with Gasteiger partial charge in [-0.15, -0.1) is 11.3 Å². The Labute approximate surface area is 213 Å². The second-order valence-corrected chi connectivity index (χ2v) is 10.6. The Morgan fingerprint density at radius 3 is 2.49 bits per heavy atom. The van der Waals surface area contributed by atoms with E-state index >= 15 is 0 Å². The van der Waals surface area contributed by atoms with E-state index in [4.69, 9.17) is 16.1 Å². The summed E-state index contributed by atoms with van der Waals surface area (Å²) in [4.78, 5) is 41.8. The first kappa shape index (κ1) is 26.4. The van der Waals surface area contributed by atoms with Crippen LogP contribution >= 0.6 is 22.9 Å². The summed E-state index contributed by atoms with van der Waals surface area (Å²) in [5.41, 5.74) is -0.00697. The van der Waals surface area contributed by atoms with Crippen LogP contribution in [0.1, 0.15) is 55.9 Å². The Morgan fingerprint density at radius 1 is 1.14 bits per heavy atom. The van der Waals surface area contributed by atoms with Crippen LogP contribution in [0, 0.1) is 6.92 Å². The predicted octanol–water partition coefficient (Wildman–Crippen LogP) is 5.10. The van der Waals surface area contributed by atoms with E-state index in [-0.39, 0.29) is 42.9 Å². The van der Waals surface area contributed by atoms with Crippen LogP contribution in [0.4, 0.5) is 5.82 Å². The number of carbonyl (C=O) groups excluding carboxylic acids is 3. The number of hydrogen-bond donors (Lipinski definition) is 2. The van der Waals surface area contributed by atoms with Gasteiger partial charge < -0.3 is 20.1 Å². The van der Waals surface area contributed by atoms with Gasteiger partial charge in [0, 0.05) is 39.9 Å². The van der Waals surface area contributed by atoms with Crippen LogP contribution in [0.25, 0.3) is 0 Å². The van der Waals surface area contributed by atoms with Crippen molar-refractivity contribution in [1.29, 1.82) is 0 Å². The Bertz CT molecular complexity index is 1170. The van der Waals surface area contributed by atoms with Crippen LogP contribution in [0.5, 0.6) is 0 Å². The third-order valence-electron chi connectivity index (χ3n) is 4.95. The highest BCUT2D eigenvalue weighted by atomic mass is 35.5. The number of carbonyl (C=O) groups is 3. The number of halogens is 1. The SMILES string of the molecule is Cc1cc(NC(=O)CCC(=O)N(Cc2cccs2)[C@H](C(=O)NC(C)(C)C)c2ccccc2Cl)no1. The normalized spacial score (nSPS) is 12.1. The number of benzene rings is 1. The van der Waals surface area contributed by atoms with E-state index in [2.05, 4.69) is 15.8 Å². The van der Waals surface area contributed by atoms with E-state index in [0.717, 1.165) is 4.88 Å². The third kappa shape index (κ3) is 7.66. The highest BCUT2D eigenvalue weighted by Gasteiger charge is 2.34. The molecule has 0 saturated carbocycles.